The Kier molecular flexibility index (Phi) is 11.0. The molecule has 56 heavy (non-hydrogen) atoms. The van der Waals surface area contributed by atoms with Crippen LogP contribution in [0.4, 0.5) is 25.1 Å². The largest absolute Gasteiger partial charge is 0.497 e. The van der Waals surface area contributed by atoms with Crippen LogP contribution < -0.4 is 19.3 Å². The molecule has 0 aliphatic carbocycles. The van der Waals surface area contributed by atoms with Gasteiger partial charge in [0.15, 0.2) is 5.82 Å². The number of piperazine rings is 1. The smallest absolute Gasteiger partial charge is 0.410 e. The molecule has 3 aromatic carbocycles. The van der Waals surface area contributed by atoms with Gasteiger partial charge in [-0.25, -0.2) is 19.2 Å². The van der Waals surface area contributed by atoms with Crippen LogP contribution in [0, 0.1) is 33.6 Å². The number of fused-ring (bicyclic) bond motifs is 3. The highest BCUT2D eigenvalue weighted by atomic mass is 127. The fourth-order valence-corrected chi connectivity index (χ4v) is 8.20. The monoisotopic (exact) mass is 872 g/mol. The van der Waals surface area contributed by atoms with Crippen molar-refractivity contribution in [1.29, 1.82) is 5.26 Å². The van der Waals surface area contributed by atoms with Crippen molar-refractivity contribution in [3.63, 3.8) is 0 Å². The Hall–Kier alpha value is -5.23. The summed E-state index contributed by atoms with van der Waals surface area (Å²) in [6.45, 7) is 9.15. The van der Waals surface area contributed by atoms with Crippen molar-refractivity contribution in [2.24, 2.45) is 0 Å². The Morgan fingerprint density at radius 2 is 1.50 bits per heavy atom. The lowest BCUT2D eigenvalue weighted by atomic mass is 9.98. The highest BCUT2D eigenvalue weighted by Gasteiger charge is 2.45. The van der Waals surface area contributed by atoms with Crippen LogP contribution in [0.2, 0.25) is 0 Å². The van der Waals surface area contributed by atoms with E-state index < -0.39 is 17.4 Å². The van der Waals surface area contributed by atoms with Crippen LogP contribution in [0.1, 0.15) is 55.9 Å². The molecule has 0 N–H and O–H groups in total. The third kappa shape index (κ3) is 7.89. The van der Waals surface area contributed by atoms with Crippen LogP contribution in [0.5, 0.6) is 11.5 Å². The Morgan fingerprint density at radius 3 is 2.02 bits per heavy atom. The SMILES string of the molecule is COc1ccc(CN(Cc2ccc(OC)cc2)c2cc(C)c(I)c(-c3c(C#N)cc4c(N5CC6CCC(C5)N6C(=O)OC(C)(C)C)cc(F)nc4c3F)n2)cc1. The first-order valence-electron chi connectivity index (χ1n) is 18.4. The van der Waals surface area contributed by atoms with E-state index in [2.05, 4.69) is 38.5 Å². The Balaban J connectivity index is 1.29. The maximum atomic E-state index is 17.2. The van der Waals surface area contributed by atoms with Crippen molar-refractivity contribution >= 4 is 51.1 Å². The second-order valence-corrected chi connectivity index (χ2v) is 16.4. The van der Waals surface area contributed by atoms with Crippen molar-refractivity contribution in [2.75, 3.05) is 37.1 Å². The fourth-order valence-electron chi connectivity index (χ4n) is 7.66. The van der Waals surface area contributed by atoms with Gasteiger partial charge in [0.05, 0.1) is 54.9 Å². The van der Waals surface area contributed by atoms with Crippen molar-refractivity contribution in [3.8, 4) is 28.8 Å². The summed E-state index contributed by atoms with van der Waals surface area (Å²) in [7, 11) is 3.24. The third-order valence-corrected chi connectivity index (χ3v) is 11.7. The Morgan fingerprint density at radius 1 is 0.929 bits per heavy atom. The van der Waals surface area contributed by atoms with E-state index in [-0.39, 0.29) is 40.5 Å². The molecule has 7 rings (SSSR count). The number of methoxy groups -OCH3 is 2. The number of nitriles is 1. The lowest BCUT2D eigenvalue weighted by molar-refractivity contribution is 0.0123. The zero-order valence-electron chi connectivity index (χ0n) is 32.2. The van der Waals surface area contributed by atoms with E-state index in [4.69, 9.17) is 19.2 Å². The second kappa shape index (κ2) is 15.7. The molecule has 0 radical (unpaired) electrons. The van der Waals surface area contributed by atoms with Crippen LogP contribution in [0.3, 0.4) is 0 Å². The van der Waals surface area contributed by atoms with E-state index in [1.807, 2.05) is 87.2 Å². The zero-order chi connectivity index (χ0) is 39.9. The minimum Gasteiger partial charge on any atom is -0.497 e. The number of halogens is 3. The number of nitrogens with zero attached hydrogens (tertiary/aromatic N) is 6. The summed E-state index contributed by atoms with van der Waals surface area (Å²) in [4.78, 5) is 28.1. The molecule has 0 spiro atoms. The number of ether oxygens (including phenoxy) is 3. The lowest BCUT2D eigenvalue weighted by Crippen LogP contribution is -2.56. The van der Waals surface area contributed by atoms with E-state index in [1.165, 1.54) is 6.07 Å². The first kappa shape index (κ1) is 39.0. The van der Waals surface area contributed by atoms with Crippen LogP contribution in [-0.2, 0) is 17.8 Å². The van der Waals surface area contributed by atoms with Gasteiger partial charge < -0.3 is 24.0 Å². The number of rotatable bonds is 9. The molecule has 1 amide bonds. The first-order valence-corrected chi connectivity index (χ1v) is 19.5. The normalized spacial score (nSPS) is 16.5. The molecule has 0 saturated carbocycles. The van der Waals surface area contributed by atoms with E-state index in [0.717, 1.165) is 41.0 Å². The maximum Gasteiger partial charge on any atom is 0.410 e. The molecule has 2 aliphatic heterocycles. The summed E-state index contributed by atoms with van der Waals surface area (Å²) >= 11 is 2.13. The van der Waals surface area contributed by atoms with Gasteiger partial charge in [-0.15, -0.1) is 0 Å². The minimum absolute atomic E-state index is 0.0398. The number of anilines is 2. The van der Waals surface area contributed by atoms with Gasteiger partial charge in [-0.2, -0.15) is 9.65 Å². The van der Waals surface area contributed by atoms with Crippen molar-refractivity contribution in [1.82, 2.24) is 14.9 Å². The lowest BCUT2D eigenvalue weighted by Gasteiger charge is -2.42. The molecule has 2 fully saturated rings. The summed E-state index contributed by atoms with van der Waals surface area (Å²) < 4.78 is 49.7. The van der Waals surface area contributed by atoms with Crippen LogP contribution in [0.15, 0.2) is 66.7 Å². The third-order valence-electron chi connectivity index (χ3n) is 10.3. The molecule has 10 nitrogen and oxygen atoms in total. The quantitative estimate of drug-likeness (QED) is 0.106. The standard InChI is InChI=1S/C43H43F2IN6O4/c1-25-17-36(51(21-26-7-13-31(54-5)14-8-26)22-27-9-15-32(55-6)16-10-27)49-41(39(25)46)37-28(20-47)18-33-34(19-35(44)48-40(33)38(37)45)50-23-29-11-12-30(24-50)52(29)42(53)56-43(2,3)4/h7-10,13-19,29-30H,11-12,21-24H2,1-6H3. The number of carbonyl (C=O) groups is 1. The van der Waals surface area contributed by atoms with Crippen molar-refractivity contribution in [3.05, 3.63) is 104 Å². The second-order valence-electron chi connectivity index (χ2n) is 15.3. The number of benzene rings is 3. The van der Waals surface area contributed by atoms with Gasteiger partial charge in [0, 0.05) is 41.2 Å². The van der Waals surface area contributed by atoms with Crippen molar-refractivity contribution < 1.29 is 27.8 Å². The molecule has 290 valence electrons. The fraction of sp³-hybridized carbons (Fsp3) is 0.349. The molecule has 5 aromatic rings. The summed E-state index contributed by atoms with van der Waals surface area (Å²) in [5.41, 5.74) is 2.70. The predicted molar refractivity (Wildman–Crippen MR) is 220 cm³/mol. The highest BCUT2D eigenvalue weighted by Crippen LogP contribution is 2.41. The molecule has 2 aromatic heterocycles. The van der Waals surface area contributed by atoms with E-state index >= 15 is 8.78 Å². The first-order chi connectivity index (χ1) is 26.8. The molecule has 2 saturated heterocycles. The summed E-state index contributed by atoms with van der Waals surface area (Å²) in [6, 6.07) is 22.2. The van der Waals surface area contributed by atoms with Gasteiger partial charge in [0.2, 0.25) is 5.95 Å². The molecule has 13 heteroatoms. The van der Waals surface area contributed by atoms with Crippen LogP contribution in [0.25, 0.3) is 22.2 Å². The zero-order valence-corrected chi connectivity index (χ0v) is 34.4. The van der Waals surface area contributed by atoms with Gasteiger partial charge in [-0.1, -0.05) is 24.3 Å². The predicted octanol–water partition coefficient (Wildman–Crippen LogP) is 9.17. The van der Waals surface area contributed by atoms with Crippen LogP contribution in [-0.4, -0.2) is 66.0 Å². The highest BCUT2D eigenvalue weighted by molar-refractivity contribution is 14.1. The van der Waals surface area contributed by atoms with Gasteiger partial charge in [-0.3, -0.25) is 4.90 Å². The average Bonchev–Trinajstić information content (AvgIpc) is 3.44. The molecule has 2 unspecified atom stereocenters. The van der Waals surface area contributed by atoms with Gasteiger partial charge >= 0.3 is 6.09 Å². The maximum absolute atomic E-state index is 17.2. The summed E-state index contributed by atoms with van der Waals surface area (Å²) in [5, 5.41) is 10.9. The molecule has 2 bridgehead atoms. The molecule has 2 atom stereocenters. The Labute approximate surface area is 339 Å². The number of hydrogen-bond acceptors (Lipinski definition) is 9. The molecular weight excluding hydrogens is 829 g/mol. The van der Waals surface area contributed by atoms with E-state index in [9.17, 15) is 10.1 Å². The molecule has 2 aliphatic rings. The number of aryl methyl sites for hydroxylation is 1. The van der Waals surface area contributed by atoms with E-state index in [0.29, 0.717) is 46.6 Å². The topological polar surface area (TPSA) is 104 Å². The summed E-state index contributed by atoms with van der Waals surface area (Å²) in [5.74, 6) is 0.371. The number of hydrogen-bond donors (Lipinski definition) is 0. The Bertz CT molecular complexity index is 2260. The van der Waals surface area contributed by atoms with Gasteiger partial charge in [-0.05, 0) is 116 Å². The minimum atomic E-state index is -0.846. The number of carbonyl (C=O) groups excluding carboxylic acids is 1. The number of amides is 1. The van der Waals surface area contributed by atoms with Gasteiger partial charge in [0.1, 0.15) is 28.4 Å². The van der Waals surface area contributed by atoms with Gasteiger partial charge in [0.25, 0.3) is 0 Å². The van der Waals surface area contributed by atoms with Crippen LogP contribution >= 0.6 is 22.6 Å². The molecule has 4 heterocycles. The molecular formula is C43H43F2IN6O4. The number of aromatic nitrogens is 2. The average molecular weight is 873 g/mol. The number of pyridine rings is 2. The van der Waals surface area contributed by atoms with E-state index in [1.54, 1.807) is 25.2 Å². The summed E-state index contributed by atoms with van der Waals surface area (Å²) in [6.07, 6.45) is 1.16. The van der Waals surface area contributed by atoms with Crippen molar-refractivity contribution in [2.45, 2.75) is 71.3 Å².